The molecule has 0 bridgehead atoms. The van der Waals surface area contributed by atoms with Crippen molar-refractivity contribution >= 4 is 39.2 Å². The van der Waals surface area contributed by atoms with Gasteiger partial charge in [0, 0.05) is 21.1 Å². The van der Waals surface area contributed by atoms with Crippen molar-refractivity contribution in [2.75, 3.05) is 12.9 Å². The van der Waals surface area contributed by atoms with Crippen LogP contribution in [0.25, 0.3) is 10.1 Å². The van der Waals surface area contributed by atoms with Crippen LogP contribution in [0.2, 0.25) is 0 Å². The number of ether oxygens (including phenoxy) is 1. The van der Waals surface area contributed by atoms with E-state index in [0.29, 0.717) is 0 Å². The minimum atomic E-state index is -0.126. The van der Waals surface area contributed by atoms with E-state index in [9.17, 15) is 4.79 Å². The zero-order chi connectivity index (χ0) is 13.0. The lowest BCUT2D eigenvalue weighted by atomic mass is 10.2. The first-order chi connectivity index (χ1) is 8.70. The van der Waals surface area contributed by atoms with Crippen molar-refractivity contribution in [2.45, 2.75) is 12.7 Å². The molecule has 0 saturated carbocycles. The van der Waals surface area contributed by atoms with Gasteiger partial charge in [0.05, 0.1) is 13.0 Å². The van der Waals surface area contributed by atoms with E-state index in [1.54, 1.807) is 11.8 Å². The molecule has 1 aromatic heterocycles. The number of carbonyl (C=O) groups excluding carboxylic acids is 1. The van der Waals surface area contributed by atoms with Gasteiger partial charge in [0.15, 0.2) is 0 Å². The predicted molar refractivity (Wildman–Crippen MR) is 79.2 cm³/mol. The van der Waals surface area contributed by atoms with E-state index in [1.807, 2.05) is 18.3 Å². The van der Waals surface area contributed by atoms with Crippen molar-refractivity contribution in [2.24, 2.45) is 5.92 Å². The van der Waals surface area contributed by atoms with Gasteiger partial charge in [0.2, 0.25) is 0 Å². The summed E-state index contributed by atoms with van der Waals surface area (Å²) >= 11 is 3.61. The zero-order valence-electron chi connectivity index (χ0n) is 10.5. The highest BCUT2D eigenvalue weighted by atomic mass is 32.2. The highest BCUT2D eigenvalue weighted by Crippen LogP contribution is 2.28. The third-order valence-corrected chi connectivity index (χ3v) is 5.24. The number of hydrogen-bond donors (Lipinski definition) is 0. The van der Waals surface area contributed by atoms with Crippen LogP contribution in [0.3, 0.4) is 0 Å². The van der Waals surface area contributed by atoms with Gasteiger partial charge in [-0.2, -0.15) is 11.8 Å². The average Bonchev–Trinajstić information content (AvgIpc) is 2.80. The minimum absolute atomic E-state index is 0.0330. The summed E-state index contributed by atoms with van der Waals surface area (Å²) in [6.07, 6.45) is 0. The lowest BCUT2D eigenvalue weighted by Crippen LogP contribution is -2.14. The first-order valence-corrected chi connectivity index (χ1v) is 7.81. The molecule has 0 fully saturated rings. The largest absolute Gasteiger partial charge is 0.469 e. The van der Waals surface area contributed by atoms with Crippen molar-refractivity contribution in [1.29, 1.82) is 0 Å². The van der Waals surface area contributed by atoms with Crippen LogP contribution >= 0.6 is 23.1 Å². The monoisotopic (exact) mass is 280 g/mol. The smallest absolute Gasteiger partial charge is 0.309 e. The number of thioether (sulfide) groups is 1. The first kappa shape index (κ1) is 13.4. The summed E-state index contributed by atoms with van der Waals surface area (Å²) in [6, 6.07) is 10.6. The second-order valence-electron chi connectivity index (χ2n) is 4.19. The molecule has 1 atom stereocenters. The maximum atomic E-state index is 11.3. The van der Waals surface area contributed by atoms with Crippen LogP contribution in [0.1, 0.15) is 11.8 Å². The highest BCUT2D eigenvalue weighted by molar-refractivity contribution is 7.98. The Balaban J connectivity index is 1.88. The van der Waals surface area contributed by atoms with Gasteiger partial charge in [-0.1, -0.05) is 25.1 Å². The maximum Gasteiger partial charge on any atom is 0.309 e. The molecule has 0 saturated heterocycles. The number of rotatable bonds is 5. The fourth-order valence-electron chi connectivity index (χ4n) is 1.71. The summed E-state index contributed by atoms with van der Waals surface area (Å²) in [6.45, 7) is 1.91. The van der Waals surface area contributed by atoms with Gasteiger partial charge in [-0.15, -0.1) is 11.3 Å². The van der Waals surface area contributed by atoms with Crippen LogP contribution in [0.5, 0.6) is 0 Å². The van der Waals surface area contributed by atoms with Crippen LogP contribution in [-0.2, 0) is 15.3 Å². The molecule has 0 N–H and O–H groups in total. The molecule has 96 valence electrons. The summed E-state index contributed by atoms with van der Waals surface area (Å²) in [4.78, 5) is 12.6. The molecule has 0 aliphatic carbocycles. The molecule has 4 heteroatoms. The van der Waals surface area contributed by atoms with E-state index in [-0.39, 0.29) is 11.9 Å². The van der Waals surface area contributed by atoms with E-state index in [0.717, 1.165) is 11.5 Å². The highest BCUT2D eigenvalue weighted by Gasteiger charge is 2.12. The molecule has 2 aromatic rings. The Hall–Kier alpha value is -1.00. The maximum absolute atomic E-state index is 11.3. The second kappa shape index (κ2) is 6.25. The van der Waals surface area contributed by atoms with Gasteiger partial charge in [-0.25, -0.2) is 0 Å². The number of esters is 1. The van der Waals surface area contributed by atoms with Crippen LogP contribution in [0, 0.1) is 5.92 Å². The Morgan fingerprint density at radius 3 is 2.94 bits per heavy atom. The fourth-order valence-corrected chi connectivity index (χ4v) is 3.95. The van der Waals surface area contributed by atoms with Gasteiger partial charge in [0.1, 0.15) is 0 Å². The van der Waals surface area contributed by atoms with E-state index >= 15 is 0 Å². The second-order valence-corrected chi connectivity index (χ2v) is 6.39. The quantitative estimate of drug-likeness (QED) is 0.776. The van der Waals surface area contributed by atoms with E-state index in [1.165, 1.54) is 22.1 Å². The van der Waals surface area contributed by atoms with Crippen molar-refractivity contribution in [3.63, 3.8) is 0 Å². The molecule has 0 radical (unpaired) electrons. The molecule has 1 aromatic carbocycles. The van der Waals surface area contributed by atoms with E-state index in [4.69, 9.17) is 4.74 Å². The number of methoxy groups -OCH3 is 1. The predicted octanol–water partition coefficient (Wildman–Crippen LogP) is 3.94. The van der Waals surface area contributed by atoms with Crippen molar-refractivity contribution in [3.8, 4) is 0 Å². The number of carbonyl (C=O) groups is 1. The molecular formula is C14H16O2S2. The lowest BCUT2D eigenvalue weighted by molar-refractivity contribution is -0.143. The number of hydrogen-bond acceptors (Lipinski definition) is 4. The number of fused-ring (bicyclic) bond motifs is 1. The normalized spacial score (nSPS) is 12.6. The standard InChI is InChI=1S/C14H16O2S2/c1-10(14(15)16-2)8-17-9-12-7-11-5-3-4-6-13(11)18-12/h3-7,10H,8-9H2,1-2H3/t10-/m1/s1. The van der Waals surface area contributed by atoms with Crippen LogP contribution in [0.15, 0.2) is 30.3 Å². The topological polar surface area (TPSA) is 26.3 Å². The summed E-state index contributed by atoms with van der Waals surface area (Å²) in [5.41, 5.74) is 0. The Morgan fingerprint density at radius 1 is 1.44 bits per heavy atom. The zero-order valence-corrected chi connectivity index (χ0v) is 12.1. The first-order valence-electron chi connectivity index (χ1n) is 5.83. The van der Waals surface area contributed by atoms with E-state index in [2.05, 4.69) is 30.3 Å². The molecule has 0 aliphatic rings. The lowest BCUT2D eigenvalue weighted by Gasteiger charge is -2.07. The van der Waals surface area contributed by atoms with Gasteiger partial charge >= 0.3 is 5.97 Å². The Morgan fingerprint density at radius 2 is 2.22 bits per heavy atom. The SMILES string of the molecule is COC(=O)[C@H](C)CSCc1cc2ccccc2s1. The third kappa shape index (κ3) is 3.27. The van der Waals surface area contributed by atoms with Crippen molar-refractivity contribution in [1.82, 2.24) is 0 Å². The molecular weight excluding hydrogens is 264 g/mol. The van der Waals surface area contributed by atoms with Crippen LogP contribution in [0.4, 0.5) is 0 Å². The van der Waals surface area contributed by atoms with Crippen molar-refractivity contribution in [3.05, 3.63) is 35.2 Å². The molecule has 2 nitrogen and oxygen atoms in total. The Bertz CT molecular complexity index is 500. The van der Waals surface area contributed by atoms with Crippen LogP contribution in [-0.4, -0.2) is 18.8 Å². The number of thiophene rings is 1. The third-order valence-electron chi connectivity index (χ3n) is 2.69. The van der Waals surface area contributed by atoms with E-state index < -0.39 is 0 Å². The molecule has 0 amide bonds. The molecule has 0 unspecified atom stereocenters. The molecule has 1 heterocycles. The molecule has 0 aliphatic heterocycles. The number of benzene rings is 1. The molecule has 0 spiro atoms. The van der Waals surface area contributed by atoms with Crippen molar-refractivity contribution < 1.29 is 9.53 Å². The fraction of sp³-hybridized carbons (Fsp3) is 0.357. The van der Waals surface area contributed by atoms with Crippen LogP contribution < -0.4 is 0 Å². The molecule has 2 rings (SSSR count). The van der Waals surface area contributed by atoms with Gasteiger partial charge in [0.25, 0.3) is 0 Å². The summed E-state index contributed by atoms with van der Waals surface area (Å²) in [5.74, 6) is 1.61. The molecule has 18 heavy (non-hydrogen) atoms. The van der Waals surface area contributed by atoms with Gasteiger partial charge in [-0.3, -0.25) is 4.79 Å². The summed E-state index contributed by atoms with van der Waals surface area (Å²) in [7, 11) is 1.44. The Labute approximate surface area is 115 Å². The van der Waals surface area contributed by atoms with Gasteiger partial charge in [-0.05, 0) is 17.5 Å². The minimum Gasteiger partial charge on any atom is -0.469 e. The Kier molecular flexibility index (Phi) is 4.66. The summed E-state index contributed by atoms with van der Waals surface area (Å²) in [5, 5.41) is 1.30. The average molecular weight is 280 g/mol. The van der Waals surface area contributed by atoms with Gasteiger partial charge < -0.3 is 4.74 Å². The summed E-state index contributed by atoms with van der Waals surface area (Å²) < 4.78 is 6.04.